The fourth-order valence-electron chi connectivity index (χ4n) is 18.0. The Morgan fingerprint density at radius 2 is 0.730 bits per heavy atom. The second kappa shape index (κ2) is 39.2. The van der Waals surface area contributed by atoms with E-state index in [0.717, 1.165) is 100 Å². The molecule has 11 heterocycles. The van der Waals surface area contributed by atoms with Crippen LogP contribution in [0.1, 0.15) is 107 Å². The van der Waals surface area contributed by atoms with Crippen molar-refractivity contribution in [2.24, 2.45) is 0 Å². The van der Waals surface area contributed by atoms with Gasteiger partial charge in [0.15, 0.2) is 0 Å². The first kappa shape index (κ1) is 93.5. The summed E-state index contributed by atoms with van der Waals surface area (Å²) in [6, 6.07) is 97.3. The predicted molar refractivity (Wildman–Crippen MR) is 510 cm³/mol. The van der Waals surface area contributed by atoms with E-state index in [4.69, 9.17) is 15.0 Å². The first-order valence-electron chi connectivity index (χ1n) is 41.0. The Balaban J connectivity index is 0.000000135. The molecule has 12 aromatic carbocycles. The van der Waals surface area contributed by atoms with Crippen LogP contribution in [0.2, 0.25) is 0 Å². The van der Waals surface area contributed by atoms with Crippen molar-refractivity contribution in [3.8, 4) is 33.6 Å². The summed E-state index contributed by atoms with van der Waals surface area (Å²) in [6.45, 7) is 30.3. The standard InChI is InChI=1S/C29H21N2.C25H21N2.C23H25N2.C15H10N3.C14H9N4.ClH.HI.3Li.Mg.Zn/c1-19-16-22(21-10-4-3-5-11-21)17-20(2)28(19)27-18-30-29-25-14-7-6-12-23(25)24-13-8-9-15-26(24)31(27)29;1-15-9-10-22-21(13-15)19-7-5-6-8-20(19)25-26-14-23(27(22)25)24-17(3)11-16(2)12-18(24)4;1-13(2)21-22(14(3)4)25-20-12-16(6)15(5)11-19(20)17-9-7-8-10-18(17)23(25)24-21;1-10-16-15-13-8-3-2-6-11(13)12-7-4-5-9-14(12)18(15)17-10;1-9-16-14-12-5-3-2-4-10(12)11-6-7-15-8-13(11)18(14)17-9;;;;;;;/h3-13,15-18H,1-2H3;5-7,9-14H,1-4H3;7-9,11-14H,1-6H3;2-7,9H,1H3;2-4,6-8H,1H3;2*1H;;;;;/q5*-1;;;3*+1;2*+2/p-2. The van der Waals surface area contributed by atoms with Gasteiger partial charge in [0, 0.05) is 52.0 Å². The van der Waals surface area contributed by atoms with E-state index in [0.29, 0.717) is 11.8 Å². The van der Waals surface area contributed by atoms with Crippen molar-refractivity contribution in [3.05, 3.63) is 353 Å². The van der Waals surface area contributed by atoms with Crippen LogP contribution in [-0.4, -0.2) is 85.4 Å². The Morgan fingerprint density at radius 3 is 1.23 bits per heavy atom. The van der Waals surface area contributed by atoms with Gasteiger partial charge in [0.1, 0.15) is 11.6 Å². The Morgan fingerprint density at radius 1 is 0.325 bits per heavy atom. The first-order chi connectivity index (χ1) is 58.8. The van der Waals surface area contributed by atoms with Crippen molar-refractivity contribution in [1.29, 1.82) is 0 Å². The number of hydrogen-bond donors (Lipinski definition) is 0. The molecule has 0 unspecified atom stereocenters. The molecular weight excluding hydrogens is 1730 g/mol. The van der Waals surface area contributed by atoms with Crippen molar-refractivity contribution in [2.45, 2.75) is 109 Å². The van der Waals surface area contributed by atoms with Gasteiger partial charge in [0.05, 0.1) is 62.5 Å². The van der Waals surface area contributed by atoms with Crippen LogP contribution in [0.5, 0.6) is 0 Å². The van der Waals surface area contributed by atoms with Crippen LogP contribution >= 0.6 is 19.8 Å². The molecule has 0 aliphatic heterocycles. The molecule has 13 nitrogen and oxygen atoms in total. The quantitative estimate of drug-likeness (QED) is 0.0722. The summed E-state index contributed by atoms with van der Waals surface area (Å²) in [7, 11) is 0. The van der Waals surface area contributed by atoms with E-state index in [9.17, 15) is 0 Å². The third kappa shape index (κ3) is 16.9. The second-order valence-corrected chi connectivity index (χ2v) is 32.1. The van der Waals surface area contributed by atoms with E-state index in [1.807, 2.05) is 108 Å². The van der Waals surface area contributed by atoms with E-state index < -0.39 is 0 Å². The molecule has 23 aromatic rings. The first-order valence-corrected chi connectivity index (χ1v) is 50.0. The van der Waals surface area contributed by atoms with Crippen LogP contribution in [0.25, 0.3) is 170 Å². The topological polar surface area (TPSA) is 125 Å². The summed E-state index contributed by atoms with van der Waals surface area (Å²) in [4.78, 5) is 28.0. The number of rotatable bonds is 5. The number of benzene rings is 12. The fraction of sp³-hybridized carbons (Fsp3) is 0.151. The molecule has 0 fully saturated rings. The van der Waals surface area contributed by atoms with Gasteiger partial charge in [-0.25, -0.2) is 0 Å². The van der Waals surface area contributed by atoms with Gasteiger partial charge in [-0.05, 0) is 183 Å². The fourth-order valence-corrected chi connectivity index (χ4v) is 18.0. The third-order valence-electron chi connectivity index (χ3n) is 23.2. The summed E-state index contributed by atoms with van der Waals surface area (Å²) < 4.78 is 10.7. The predicted octanol–water partition coefficient (Wildman–Crippen LogP) is 14.2. The van der Waals surface area contributed by atoms with Crippen LogP contribution in [0, 0.1) is 99.6 Å². The number of halogens is 2. The Bertz CT molecular complexity index is 7720. The molecule has 0 saturated heterocycles. The van der Waals surface area contributed by atoms with Crippen molar-refractivity contribution >= 4 is 179 Å². The van der Waals surface area contributed by atoms with Crippen molar-refractivity contribution < 1.29 is 83.8 Å². The van der Waals surface area contributed by atoms with Gasteiger partial charge in [0.25, 0.3) is 0 Å². The summed E-state index contributed by atoms with van der Waals surface area (Å²) in [5.74, 6) is 2.35. The summed E-state index contributed by atoms with van der Waals surface area (Å²) in [6.07, 6.45) is 7.65. The van der Waals surface area contributed by atoms with E-state index >= 15 is 0 Å². The van der Waals surface area contributed by atoms with Gasteiger partial charge in [-0.1, -0.05) is 186 Å². The monoisotopic (exact) mass is 1810 g/mol. The number of fused-ring (bicyclic) bond motifs is 30. The molecule has 11 aromatic heterocycles. The molecule has 0 atom stereocenters. The van der Waals surface area contributed by atoms with Crippen molar-refractivity contribution in [3.63, 3.8) is 0 Å². The molecule has 23 rings (SSSR count). The Labute approximate surface area is 812 Å². The second-order valence-electron chi connectivity index (χ2n) is 32.1. The number of aromatic nitrogens is 13. The number of pyridine rings is 6. The molecule has 0 amide bonds. The van der Waals surface area contributed by atoms with Crippen LogP contribution in [0.3, 0.4) is 0 Å². The van der Waals surface area contributed by atoms with Crippen LogP contribution in [-0.2, 0) is 14.8 Å². The number of aryl methyl sites for hydroxylation is 10. The maximum absolute atomic E-state index is 5.10. The zero-order chi connectivity index (χ0) is 83.8. The molecule has 20 heteroatoms. The molecule has 0 aliphatic rings. The van der Waals surface area contributed by atoms with Crippen LogP contribution in [0.15, 0.2) is 255 Å². The Hall–Kier alpha value is -10.1. The summed E-state index contributed by atoms with van der Waals surface area (Å²) >= 11 is 3.62. The van der Waals surface area contributed by atoms with E-state index in [1.54, 1.807) is 6.20 Å². The summed E-state index contributed by atoms with van der Waals surface area (Å²) in [5.41, 5.74) is 30.4. The van der Waals surface area contributed by atoms with Crippen molar-refractivity contribution in [2.75, 3.05) is 0 Å². The minimum absolute atomic E-state index is 0. The van der Waals surface area contributed by atoms with E-state index in [-0.39, 0.29) is 92.0 Å². The number of imidazole rings is 3. The molecule has 126 heavy (non-hydrogen) atoms. The average molecular weight is 1810 g/mol. The van der Waals surface area contributed by atoms with Gasteiger partial charge >= 0.3 is 114 Å². The van der Waals surface area contributed by atoms with Gasteiger partial charge in [-0.3, -0.25) is 38.9 Å². The molecular formula is C106H86ClILi3MgN13Zn. The normalized spacial score (nSPS) is 11.2. The molecule has 0 saturated carbocycles. The molecule has 0 aliphatic carbocycles. The third-order valence-corrected chi connectivity index (χ3v) is 23.2. The zero-order valence-corrected chi connectivity index (χ0v) is 81.7. The number of hydrogen-bond acceptors (Lipinski definition) is 8. The van der Waals surface area contributed by atoms with Crippen LogP contribution in [0.4, 0.5) is 0 Å². The van der Waals surface area contributed by atoms with Gasteiger partial charge in [-0.15, -0.1) is 137 Å². The van der Waals surface area contributed by atoms with E-state index in [2.05, 4.69) is 335 Å². The molecule has 0 spiro atoms. The molecule has 0 N–H and O–H groups in total. The SMILES string of the molecule is Cc1cc(-c2ccccc2)cc(C)c1-c1cnc2c3[c-]cccc3c3ccccc3n12.Cc1cc(C)c(-c2cnc3c4[c-]cccc4c4cc(C)ccc4n23)c(C)c1.Cc1cc2c3ccc[c-]c3c3nc(C(C)C)c(C(C)C)n3c2cc1C.Cc1nc2c3[c-]cccc3c3ccccc3n2n1.Cc1nc2c3[c-]cccc3c3ccncc3n2n1.[Cl-].[Li+].[Li+].[Li+].[Mg+2].[Zn+][I]. The molecule has 0 bridgehead atoms. The van der Waals surface area contributed by atoms with Gasteiger partial charge < -0.3 is 25.6 Å². The average Bonchev–Trinajstić information content (AvgIpc) is 1.55. The Kier molecular flexibility index (Phi) is 29.1. The van der Waals surface area contributed by atoms with Gasteiger partial charge in [-0.2, -0.15) is 10.2 Å². The maximum atomic E-state index is 5.10. The molecule has 0 radical (unpaired) electrons. The van der Waals surface area contributed by atoms with Crippen molar-refractivity contribution in [1.82, 2.24) is 62.3 Å². The number of nitrogens with zero attached hydrogens (tertiary/aromatic N) is 13. The van der Waals surface area contributed by atoms with E-state index in [1.165, 1.54) is 153 Å². The minimum atomic E-state index is 0. The number of para-hydroxylation sites is 2. The van der Waals surface area contributed by atoms with Gasteiger partial charge in [0.2, 0.25) is 0 Å². The summed E-state index contributed by atoms with van der Waals surface area (Å²) in [5, 5.41) is 26.2. The molecule has 596 valence electrons. The zero-order valence-electron chi connectivity index (χ0n) is 74.4. The van der Waals surface area contributed by atoms with Crippen LogP contribution < -0.4 is 69.0 Å².